The lowest BCUT2D eigenvalue weighted by Gasteiger charge is -1.99. The normalized spacial score (nSPS) is 10.6. The Labute approximate surface area is 110 Å². The summed E-state index contributed by atoms with van der Waals surface area (Å²) in [5.41, 5.74) is 1.59. The van der Waals surface area contributed by atoms with Crippen molar-refractivity contribution in [2.75, 3.05) is 0 Å². The number of benzene rings is 1. The fraction of sp³-hybridized carbons (Fsp3) is 0.286. The number of aromatic nitrogens is 1. The molecule has 0 unspecified atom stereocenters. The van der Waals surface area contributed by atoms with Gasteiger partial charge in [-0.25, -0.2) is 9.37 Å². The van der Waals surface area contributed by atoms with Gasteiger partial charge in [-0.05, 0) is 38.1 Å². The van der Waals surface area contributed by atoms with Gasteiger partial charge in [0, 0.05) is 23.3 Å². The summed E-state index contributed by atoms with van der Waals surface area (Å²) in [6.45, 7) is 4.00. The summed E-state index contributed by atoms with van der Waals surface area (Å²) in [6, 6.07) is 5.67. The minimum atomic E-state index is -0.322. The highest BCUT2D eigenvalue weighted by atomic mass is 32.1. The highest BCUT2D eigenvalue weighted by Crippen LogP contribution is 2.18. The zero-order valence-electron chi connectivity index (χ0n) is 10.4. The Morgan fingerprint density at radius 1 is 1.28 bits per heavy atom. The Morgan fingerprint density at radius 2 is 1.94 bits per heavy atom. The van der Waals surface area contributed by atoms with Gasteiger partial charge in [-0.1, -0.05) is 0 Å². The lowest BCUT2D eigenvalue weighted by Crippen LogP contribution is -2.01. The van der Waals surface area contributed by atoms with Gasteiger partial charge in [0.25, 0.3) is 0 Å². The molecule has 2 aromatic rings. The summed E-state index contributed by atoms with van der Waals surface area (Å²) in [5.74, 6) is -0.293. The predicted octanol–water partition coefficient (Wildman–Crippen LogP) is 3.71. The van der Waals surface area contributed by atoms with Crippen LogP contribution >= 0.6 is 11.3 Å². The number of carbonyl (C=O) groups is 1. The molecule has 1 heterocycles. The molecule has 1 aromatic heterocycles. The number of hydrogen-bond donors (Lipinski definition) is 0. The quantitative estimate of drug-likeness (QED) is 0.787. The number of thiazole rings is 1. The van der Waals surface area contributed by atoms with E-state index in [1.165, 1.54) is 29.1 Å². The zero-order chi connectivity index (χ0) is 13.1. The van der Waals surface area contributed by atoms with Crippen molar-refractivity contribution in [1.82, 2.24) is 4.98 Å². The van der Waals surface area contributed by atoms with Crippen molar-refractivity contribution in [3.8, 4) is 0 Å². The Hall–Kier alpha value is -1.55. The molecule has 0 atom stereocenters. The van der Waals surface area contributed by atoms with Gasteiger partial charge in [-0.15, -0.1) is 11.3 Å². The number of aryl methyl sites for hydroxylation is 3. The average Bonchev–Trinajstić information content (AvgIpc) is 2.67. The maximum atomic E-state index is 12.7. The van der Waals surface area contributed by atoms with Crippen molar-refractivity contribution in [3.63, 3.8) is 0 Å². The number of hydrogen-bond acceptors (Lipinski definition) is 3. The van der Waals surface area contributed by atoms with Gasteiger partial charge in [0.05, 0.1) is 10.7 Å². The van der Waals surface area contributed by atoms with E-state index in [1.807, 2.05) is 13.8 Å². The molecule has 0 radical (unpaired) electrons. The summed E-state index contributed by atoms with van der Waals surface area (Å²) in [5, 5.41) is 0.987. The fourth-order valence-electron chi connectivity index (χ4n) is 1.65. The lowest BCUT2D eigenvalue weighted by atomic mass is 10.1. The molecule has 2 rings (SSSR count). The van der Waals surface area contributed by atoms with Crippen LogP contribution < -0.4 is 0 Å². The summed E-state index contributed by atoms with van der Waals surface area (Å²) in [6.07, 6.45) is 1.06. The Kier molecular flexibility index (Phi) is 3.87. The Bertz CT molecular complexity index is 540. The second kappa shape index (κ2) is 5.40. The Morgan fingerprint density at radius 3 is 2.50 bits per heavy atom. The lowest BCUT2D eigenvalue weighted by molar-refractivity contribution is 0.0983. The standard InChI is InChI=1S/C14H14FNOS/c1-9-10(2)18-14(16-9)8-7-13(17)11-3-5-12(15)6-4-11/h3-6H,7-8H2,1-2H3. The summed E-state index contributed by atoms with van der Waals surface area (Å²) in [4.78, 5) is 17.5. The van der Waals surface area contributed by atoms with E-state index < -0.39 is 0 Å². The van der Waals surface area contributed by atoms with Crippen LogP contribution in [0.2, 0.25) is 0 Å². The molecule has 0 saturated carbocycles. The number of rotatable bonds is 4. The predicted molar refractivity (Wildman–Crippen MR) is 70.6 cm³/mol. The molecular weight excluding hydrogens is 249 g/mol. The van der Waals surface area contributed by atoms with E-state index in [9.17, 15) is 9.18 Å². The van der Waals surface area contributed by atoms with Crippen LogP contribution in [-0.2, 0) is 6.42 Å². The first-order valence-corrected chi connectivity index (χ1v) is 6.59. The third kappa shape index (κ3) is 3.01. The molecule has 0 aliphatic rings. The van der Waals surface area contributed by atoms with Crippen LogP contribution in [0, 0.1) is 19.7 Å². The second-order valence-electron chi connectivity index (χ2n) is 4.18. The number of nitrogens with zero attached hydrogens (tertiary/aromatic N) is 1. The molecule has 4 heteroatoms. The minimum Gasteiger partial charge on any atom is -0.294 e. The van der Waals surface area contributed by atoms with E-state index in [-0.39, 0.29) is 11.6 Å². The molecule has 0 fully saturated rings. The van der Waals surface area contributed by atoms with Crippen molar-refractivity contribution in [3.05, 3.63) is 51.2 Å². The topological polar surface area (TPSA) is 30.0 Å². The maximum Gasteiger partial charge on any atom is 0.163 e. The first-order valence-electron chi connectivity index (χ1n) is 5.78. The van der Waals surface area contributed by atoms with Crippen LogP contribution in [0.15, 0.2) is 24.3 Å². The number of carbonyl (C=O) groups excluding carboxylic acids is 1. The average molecular weight is 263 g/mol. The molecule has 1 aromatic carbocycles. The molecule has 0 bridgehead atoms. The van der Waals surface area contributed by atoms with Gasteiger partial charge < -0.3 is 0 Å². The van der Waals surface area contributed by atoms with Gasteiger partial charge in [0.15, 0.2) is 5.78 Å². The van der Waals surface area contributed by atoms with Gasteiger partial charge >= 0.3 is 0 Å². The number of ketones is 1. The third-order valence-electron chi connectivity index (χ3n) is 2.80. The molecule has 94 valence electrons. The first kappa shape index (κ1) is 12.9. The monoisotopic (exact) mass is 263 g/mol. The molecule has 0 aliphatic carbocycles. The van der Waals surface area contributed by atoms with Crippen molar-refractivity contribution in [2.24, 2.45) is 0 Å². The van der Waals surface area contributed by atoms with Crippen LogP contribution in [0.3, 0.4) is 0 Å². The molecular formula is C14H14FNOS. The van der Waals surface area contributed by atoms with Crippen LogP contribution in [0.25, 0.3) is 0 Å². The molecule has 2 nitrogen and oxygen atoms in total. The van der Waals surface area contributed by atoms with Crippen molar-refractivity contribution in [1.29, 1.82) is 0 Å². The highest BCUT2D eigenvalue weighted by molar-refractivity contribution is 7.11. The highest BCUT2D eigenvalue weighted by Gasteiger charge is 2.09. The molecule has 0 spiro atoms. The minimum absolute atomic E-state index is 0.0282. The van der Waals surface area contributed by atoms with Crippen molar-refractivity contribution < 1.29 is 9.18 Å². The van der Waals surface area contributed by atoms with Crippen LogP contribution in [0.1, 0.15) is 32.4 Å². The summed E-state index contributed by atoms with van der Waals surface area (Å²) in [7, 11) is 0. The van der Waals surface area contributed by atoms with Gasteiger partial charge in [0.1, 0.15) is 5.82 Å². The van der Waals surface area contributed by atoms with E-state index >= 15 is 0 Å². The first-order chi connectivity index (χ1) is 8.56. The van der Waals surface area contributed by atoms with E-state index in [0.29, 0.717) is 18.4 Å². The van der Waals surface area contributed by atoms with Crippen molar-refractivity contribution in [2.45, 2.75) is 26.7 Å². The smallest absolute Gasteiger partial charge is 0.163 e. The summed E-state index contributed by atoms with van der Waals surface area (Å²) >= 11 is 1.63. The molecule has 0 aliphatic heterocycles. The molecule has 0 saturated heterocycles. The van der Waals surface area contributed by atoms with E-state index in [0.717, 1.165) is 10.7 Å². The Balaban J connectivity index is 1.98. The van der Waals surface area contributed by atoms with Gasteiger partial charge in [-0.2, -0.15) is 0 Å². The second-order valence-corrected chi connectivity index (χ2v) is 5.47. The number of Topliss-reactive ketones (excluding diaryl/α,β-unsaturated/α-hetero) is 1. The molecule has 18 heavy (non-hydrogen) atoms. The van der Waals surface area contributed by atoms with E-state index in [4.69, 9.17) is 0 Å². The SMILES string of the molecule is Cc1nc(CCC(=O)c2ccc(F)cc2)sc1C. The van der Waals surface area contributed by atoms with E-state index in [1.54, 1.807) is 11.3 Å². The van der Waals surface area contributed by atoms with Gasteiger partial charge in [-0.3, -0.25) is 4.79 Å². The van der Waals surface area contributed by atoms with Crippen molar-refractivity contribution >= 4 is 17.1 Å². The van der Waals surface area contributed by atoms with Crippen LogP contribution in [0.4, 0.5) is 4.39 Å². The largest absolute Gasteiger partial charge is 0.294 e. The van der Waals surface area contributed by atoms with Gasteiger partial charge in [0.2, 0.25) is 0 Å². The van der Waals surface area contributed by atoms with Crippen LogP contribution in [0.5, 0.6) is 0 Å². The molecule has 0 amide bonds. The van der Waals surface area contributed by atoms with Crippen LogP contribution in [-0.4, -0.2) is 10.8 Å². The third-order valence-corrected chi connectivity index (χ3v) is 3.94. The zero-order valence-corrected chi connectivity index (χ0v) is 11.2. The maximum absolute atomic E-state index is 12.7. The molecule has 0 N–H and O–H groups in total. The number of halogens is 1. The van der Waals surface area contributed by atoms with E-state index in [2.05, 4.69) is 4.98 Å². The summed E-state index contributed by atoms with van der Waals surface area (Å²) < 4.78 is 12.7. The fourth-order valence-corrected chi connectivity index (χ4v) is 2.58.